The number of aryl methyl sites for hydroxylation is 1. The molecule has 0 saturated carbocycles. The lowest BCUT2D eigenvalue weighted by molar-refractivity contribution is 0.0473. The maximum Gasteiger partial charge on any atom is 0.350 e. The number of carbonyl (C=O) groups is 1. The van der Waals surface area contributed by atoms with Crippen LogP contribution in [-0.4, -0.2) is 67.4 Å². The van der Waals surface area contributed by atoms with Crippen LogP contribution in [0.15, 0.2) is 35.4 Å². The number of ether oxygens (including phenoxy) is 1. The van der Waals surface area contributed by atoms with Crippen molar-refractivity contribution < 1.29 is 14.6 Å². The summed E-state index contributed by atoms with van der Waals surface area (Å²) in [6.45, 7) is 1.99. The van der Waals surface area contributed by atoms with E-state index in [1.54, 1.807) is 30.4 Å². The smallest absolute Gasteiger partial charge is 0.350 e. The molecule has 2 aliphatic heterocycles. The molecule has 0 bridgehead atoms. The third kappa shape index (κ3) is 3.09. The number of fused-ring (bicyclic) bond motifs is 2. The fourth-order valence-electron chi connectivity index (χ4n) is 4.03. The summed E-state index contributed by atoms with van der Waals surface area (Å²) >= 11 is 0. The summed E-state index contributed by atoms with van der Waals surface area (Å²) in [7, 11) is 1.61. The number of nitrogens with zero attached hydrogens (tertiary/aromatic N) is 6. The molecule has 1 N–H and O–H groups in total. The predicted molar refractivity (Wildman–Crippen MR) is 108 cm³/mol. The quantitative estimate of drug-likeness (QED) is 0.658. The van der Waals surface area contributed by atoms with Gasteiger partial charge in [0.2, 0.25) is 0 Å². The number of hydrogen-bond donors (Lipinski definition) is 1. The molecule has 1 fully saturated rings. The first-order chi connectivity index (χ1) is 14.5. The number of anilines is 2. The molecule has 0 aliphatic carbocycles. The van der Waals surface area contributed by atoms with Gasteiger partial charge in [-0.05, 0) is 25.0 Å². The molecule has 5 rings (SSSR count). The van der Waals surface area contributed by atoms with E-state index in [-0.39, 0.29) is 11.6 Å². The first-order valence-electron chi connectivity index (χ1n) is 9.94. The number of pyridine rings is 2. The highest BCUT2D eigenvalue weighted by atomic mass is 16.5. The van der Waals surface area contributed by atoms with Crippen LogP contribution in [0, 0.1) is 0 Å². The van der Waals surface area contributed by atoms with Crippen molar-refractivity contribution >= 4 is 23.1 Å². The summed E-state index contributed by atoms with van der Waals surface area (Å²) in [5, 5.41) is 14.1. The molecule has 2 aliphatic rings. The molecule has 0 spiro atoms. The molecule has 1 saturated heterocycles. The lowest BCUT2D eigenvalue weighted by Gasteiger charge is -2.32. The molecule has 3 aromatic heterocycles. The van der Waals surface area contributed by atoms with Crippen molar-refractivity contribution in [2.45, 2.75) is 18.9 Å². The van der Waals surface area contributed by atoms with E-state index in [2.05, 4.69) is 10.1 Å². The Labute approximate surface area is 171 Å². The first-order valence-corrected chi connectivity index (χ1v) is 9.94. The highest BCUT2D eigenvalue weighted by Gasteiger charge is 2.27. The van der Waals surface area contributed by atoms with Gasteiger partial charge < -0.3 is 19.6 Å². The normalized spacial score (nSPS) is 18.9. The van der Waals surface area contributed by atoms with E-state index in [1.165, 1.54) is 9.08 Å². The second kappa shape index (κ2) is 7.13. The van der Waals surface area contributed by atoms with Crippen LogP contribution in [-0.2, 0) is 7.05 Å². The largest absolute Gasteiger partial charge is 0.488 e. The van der Waals surface area contributed by atoms with Gasteiger partial charge in [0.05, 0.1) is 18.2 Å². The zero-order valence-electron chi connectivity index (χ0n) is 16.6. The Hall–Kier alpha value is -3.40. The number of hydrogen-bond acceptors (Lipinski definition) is 7. The number of carbonyl (C=O) groups excluding carboxylic acids is 1. The van der Waals surface area contributed by atoms with Gasteiger partial charge in [-0.1, -0.05) is 0 Å². The Morgan fingerprint density at radius 3 is 3.00 bits per heavy atom. The standard InChI is InChI=1S/C20H22N6O4/c1-23-20(29)26-6-4-14(10-17(26)22-23)25-7-8-30-16-9-13(11-21-18(16)25)19(28)24-5-2-3-15(27)12-24/h4,6,9-11,15,27H,2-3,5,7-8,12H2,1H3. The van der Waals surface area contributed by atoms with Crippen molar-refractivity contribution in [1.82, 2.24) is 24.1 Å². The number of piperidine rings is 1. The van der Waals surface area contributed by atoms with Crippen LogP contribution in [0.25, 0.3) is 5.65 Å². The van der Waals surface area contributed by atoms with Gasteiger partial charge in [-0.25, -0.2) is 14.5 Å². The second-order valence-electron chi connectivity index (χ2n) is 7.61. The highest BCUT2D eigenvalue weighted by Crippen LogP contribution is 2.35. The summed E-state index contributed by atoms with van der Waals surface area (Å²) < 4.78 is 8.56. The van der Waals surface area contributed by atoms with Crippen molar-refractivity contribution in [3.63, 3.8) is 0 Å². The minimum absolute atomic E-state index is 0.154. The summed E-state index contributed by atoms with van der Waals surface area (Å²) in [6, 6.07) is 5.37. The van der Waals surface area contributed by atoms with Crippen molar-refractivity contribution in [2.75, 3.05) is 31.1 Å². The van der Waals surface area contributed by atoms with Crippen LogP contribution in [0.1, 0.15) is 23.2 Å². The van der Waals surface area contributed by atoms with Gasteiger partial charge in [0, 0.05) is 44.3 Å². The number of rotatable bonds is 2. The van der Waals surface area contributed by atoms with E-state index >= 15 is 0 Å². The minimum atomic E-state index is -0.478. The Morgan fingerprint density at radius 2 is 2.17 bits per heavy atom. The molecule has 3 aromatic rings. The van der Waals surface area contributed by atoms with Crippen LogP contribution >= 0.6 is 0 Å². The maximum absolute atomic E-state index is 12.8. The molecule has 30 heavy (non-hydrogen) atoms. The molecule has 156 valence electrons. The van der Waals surface area contributed by atoms with E-state index in [1.807, 2.05) is 17.0 Å². The first kappa shape index (κ1) is 18.6. The molecule has 1 atom stereocenters. The second-order valence-corrected chi connectivity index (χ2v) is 7.61. The van der Waals surface area contributed by atoms with Crippen molar-refractivity contribution in [3.8, 4) is 5.75 Å². The molecule has 10 heteroatoms. The van der Waals surface area contributed by atoms with Gasteiger partial charge in [0.15, 0.2) is 17.2 Å². The molecule has 1 unspecified atom stereocenters. The SMILES string of the molecule is Cn1nc2cc(N3CCOc4cc(C(=O)N5CCCC(O)C5)cnc43)ccn2c1=O. The fourth-order valence-corrected chi connectivity index (χ4v) is 4.03. The average Bonchev–Trinajstić information content (AvgIpc) is 3.05. The van der Waals surface area contributed by atoms with Crippen LogP contribution in [0.3, 0.4) is 0 Å². The van der Waals surface area contributed by atoms with E-state index < -0.39 is 6.10 Å². The van der Waals surface area contributed by atoms with E-state index in [0.29, 0.717) is 49.0 Å². The van der Waals surface area contributed by atoms with Crippen molar-refractivity contribution in [3.05, 3.63) is 46.6 Å². The van der Waals surface area contributed by atoms with Gasteiger partial charge in [0.25, 0.3) is 5.91 Å². The fraction of sp³-hybridized carbons (Fsp3) is 0.400. The molecular weight excluding hydrogens is 388 g/mol. The Balaban J connectivity index is 1.46. The molecular formula is C20H22N6O4. The van der Waals surface area contributed by atoms with Gasteiger partial charge in [-0.3, -0.25) is 9.20 Å². The van der Waals surface area contributed by atoms with Gasteiger partial charge in [-0.15, -0.1) is 0 Å². The Morgan fingerprint density at radius 1 is 1.30 bits per heavy atom. The van der Waals surface area contributed by atoms with Gasteiger partial charge in [0.1, 0.15) is 6.61 Å². The predicted octanol–water partition coefficient (Wildman–Crippen LogP) is 0.555. The maximum atomic E-state index is 12.8. The molecule has 5 heterocycles. The lowest BCUT2D eigenvalue weighted by Crippen LogP contribution is -2.42. The van der Waals surface area contributed by atoms with Crippen molar-refractivity contribution in [2.24, 2.45) is 7.05 Å². The van der Waals surface area contributed by atoms with Gasteiger partial charge >= 0.3 is 5.69 Å². The number of aliphatic hydroxyl groups is 1. The number of aromatic nitrogens is 4. The number of amides is 1. The van der Waals surface area contributed by atoms with Gasteiger partial charge in [-0.2, -0.15) is 5.10 Å². The van der Waals surface area contributed by atoms with E-state index in [0.717, 1.165) is 18.5 Å². The highest BCUT2D eigenvalue weighted by molar-refractivity contribution is 5.95. The molecule has 0 radical (unpaired) electrons. The zero-order chi connectivity index (χ0) is 20.8. The Bertz CT molecular complexity index is 1190. The van der Waals surface area contributed by atoms with Crippen LogP contribution in [0.4, 0.5) is 11.5 Å². The van der Waals surface area contributed by atoms with E-state index in [9.17, 15) is 14.7 Å². The number of β-amino-alcohol motifs (C(OH)–C–C–N with tert-alkyl or cyclic N) is 1. The number of aliphatic hydroxyl groups excluding tert-OH is 1. The summed E-state index contributed by atoms with van der Waals surface area (Å²) in [5.41, 5.74) is 1.62. The van der Waals surface area contributed by atoms with E-state index in [4.69, 9.17) is 4.74 Å². The topological polar surface area (TPSA) is 105 Å². The average molecular weight is 410 g/mol. The number of likely N-dealkylation sites (tertiary alicyclic amines) is 1. The van der Waals surface area contributed by atoms with Crippen LogP contribution in [0.5, 0.6) is 5.75 Å². The minimum Gasteiger partial charge on any atom is -0.488 e. The summed E-state index contributed by atoms with van der Waals surface area (Å²) in [4.78, 5) is 33.0. The summed E-state index contributed by atoms with van der Waals surface area (Å²) in [5.74, 6) is 0.987. The molecule has 1 amide bonds. The molecule has 0 aromatic carbocycles. The third-order valence-corrected chi connectivity index (χ3v) is 5.56. The monoisotopic (exact) mass is 410 g/mol. The van der Waals surface area contributed by atoms with Crippen LogP contribution < -0.4 is 15.3 Å². The van der Waals surface area contributed by atoms with Crippen LogP contribution in [0.2, 0.25) is 0 Å². The Kier molecular flexibility index (Phi) is 4.43. The third-order valence-electron chi connectivity index (χ3n) is 5.56. The lowest BCUT2D eigenvalue weighted by atomic mass is 10.1. The molecule has 10 nitrogen and oxygen atoms in total. The zero-order valence-corrected chi connectivity index (χ0v) is 16.6. The van der Waals surface area contributed by atoms with Crippen molar-refractivity contribution in [1.29, 1.82) is 0 Å². The summed E-state index contributed by atoms with van der Waals surface area (Å²) in [6.07, 6.45) is 4.27.